The maximum Gasteiger partial charge on any atom is 0.416 e. The topological polar surface area (TPSA) is 37.3 Å². The molecule has 0 saturated carbocycles. The third kappa shape index (κ3) is 5.19. The van der Waals surface area contributed by atoms with Crippen LogP contribution in [0.2, 0.25) is 0 Å². The fourth-order valence-corrected chi connectivity index (χ4v) is 1.92. The lowest BCUT2D eigenvalue weighted by Gasteiger charge is -2.05. The summed E-state index contributed by atoms with van der Waals surface area (Å²) < 4.78 is 37.8. The van der Waals surface area contributed by atoms with E-state index in [4.69, 9.17) is 5.11 Å². The van der Waals surface area contributed by atoms with Gasteiger partial charge >= 0.3 is 12.1 Å². The molecule has 0 aliphatic carbocycles. The van der Waals surface area contributed by atoms with Crippen molar-refractivity contribution in [2.45, 2.75) is 19.0 Å². The number of halogens is 3. The van der Waals surface area contributed by atoms with Crippen molar-refractivity contribution in [3.63, 3.8) is 0 Å². The number of aliphatic carboxylic acids is 1. The second-order valence-corrected chi connectivity index (χ2v) is 4.92. The Morgan fingerprint density at radius 1 is 1.00 bits per heavy atom. The summed E-state index contributed by atoms with van der Waals surface area (Å²) in [5, 5.41) is 8.62. The first-order valence-electron chi connectivity index (χ1n) is 6.84. The summed E-state index contributed by atoms with van der Waals surface area (Å²) in [5.41, 5.74) is 1.08. The lowest BCUT2D eigenvalue weighted by Crippen LogP contribution is -2.04. The average Bonchev–Trinajstić information content (AvgIpc) is 2.51. The number of hydrogen-bond donors (Lipinski definition) is 1. The zero-order valence-electron chi connectivity index (χ0n) is 12.0. The van der Waals surface area contributed by atoms with Gasteiger partial charge in [0.2, 0.25) is 0 Å². The van der Waals surface area contributed by atoms with Gasteiger partial charge in [-0.15, -0.1) is 0 Å². The van der Waals surface area contributed by atoms with Gasteiger partial charge in [-0.3, -0.25) is 4.79 Å². The van der Waals surface area contributed by atoms with Crippen LogP contribution < -0.4 is 0 Å². The molecule has 1 N–H and O–H groups in total. The van der Waals surface area contributed by atoms with Crippen molar-refractivity contribution in [1.29, 1.82) is 0 Å². The summed E-state index contributed by atoms with van der Waals surface area (Å²) in [6.45, 7) is 0. The molecule has 0 fully saturated rings. The van der Waals surface area contributed by atoms with E-state index >= 15 is 0 Å². The fourth-order valence-electron chi connectivity index (χ4n) is 1.92. The van der Waals surface area contributed by atoms with Crippen LogP contribution in [0.25, 0.3) is 0 Å². The Balaban J connectivity index is 2.11. The van der Waals surface area contributed by atoms with E-state index in [9.17, 15) is 18.0 Å². The molecular weight excluding hydrogens is 305 g/mol. The van der Waals surface area contributed by atoms with Gasteiger partial charge < -0.3 is 5.11 Å². The van der Waals surface area contributed by atoms with Crippen LogP contribution >= 0.6 is 0 Å². The van der Waals surface area contributed by atoms with Gasteiger partial charge in [0.1, 0.15) is 0 Å². The Kier molecular flexibility index (Phi) is 5.07. The molecule has 23 heavy (non-hydrogen) atoms. The van der Waals surface area contributed by atoms with Gasteiger partial charge in [-0.25, -0.2) is 0 Å². The van der Waals surface area contributed by atoms with Crippen LogP contribution in [0.1, 0.15) is 28.7 Å². The second-order valence-electron chi connectivity index (χ2n) is 4.92. The van der Waals surface area contributed by atoms with Gasteiger partial charge in [-0.1, -0.05) is 30.0 Å². The highest BCUT2D eigenvalue weighted by atomic mass is 19.4. The van der Waals surface area contributed by atoms with Crippen LogP contribution in [-0.4, -0.2) is 11.1 Å². The highest BCUT2D eigenvalue weighted by Gasteiger charge is 2.30. The molecule has 0 radical (unpaired) electrons. The van der Waals surface area contributed by atoms with E-state index in [1.807, 2.05) is 0 Å². The molecule has 118 valence electrons. The lowest BCUT2D eigenvalue weighted by atomic mass is 10.1. The van der Waals surface area contributed by atoms with Crippen molar-refractivity contribution in [2.75, 3.05) is 0 Å². The average molecular weight is 318 g/mol. The number of carboxylic acid groups (broad SMARTS) is 1. The minimum absolute atomic E-state index is 0.0509. The highest BCUT2D eigenvalue weighted by Crippen LogP contribution is 2.29. The summed E-state index contributed by atoms with van der Waals surface area (Å²) in [6, 6.07) is 11.8. The van der Waals surface area contributed by atoms with Crippen molar-refractivity contribution < 1.29 is 23.1 Å². The minimum atomic E-state index is -4.39. The van der Waals surface area contributed by atoms with E-state index in [-0.39, 0.29) is 12.0 Å². The van der Waals surface area contributed by atoms with Gasteiger partial charge in [0, 0.05) is 17.5 Å². The first-order chi connectivity index (χ1) is 10.8. The molecule has 0 aliphatic heterocycles. The molecular formula is C18H13F3O2. The largest absolute Gasteiger partial charge is 0.481 e. The molecule has 0 spiro atoms. The smallest absolute Gasteiger partial charge is 0.416 e. The molecule has 2 aromatic rings. The maximum atomic E-state index is 12.6. The monoisotopic (exact) mass is 318 g/mol. The Hall–Kier alpha value is -2.74. The number of rotatable bonds is 3. The predicted molar refractivity (Wildman–Crippen MR) is 79.8 cm³/mol. The molecule has 0 aliphatic rings. The molecule has 0 bridgehead atoms. The van der Waals surface area contributed by atoms with Crippen molar-refractivity contribution >= 4 is 5.97 Å². The SMILES string of the molecule is O=C(O)CCc1ccc(C#Cc2cccc(C(F)(F)F)c2)cc1. The van der Waals surface area contributed by atoms with Crippen LogP contribution in [0, 0.1) is 11.8 Å². The van der Waals surface area contributed by atoms with Crippen LogP contribution in [0.15, 0.2) is 48.5 Å². The van der Waals surface area contributed by atoms with E-state index in [0.29, 0.717) is 12.0 Å². The number of hydrogen-bond acceptors (Lipinski definition) is 1. The molecule has 0 unspecified atom stereocenters. The summed E-state index contributed by atoms with van der Waals surface area (Å²) in [7, 11) is 0. The summed E-state index contributed by atoms with van der Waals surface area (Å²) >= 11 is 0. The number of carbonyl (C=O) groups is 1. The first-order valence-corrected chi connectivity index (χ1v) is 6.84. The lowest BCUT2D eigenvalue weighted by molar-refractivity contribution is -0.138. The van der Waals surface area contributed by atoms with E-state index in [1.54, 1.807) is 24.3 Å². The third-order valence-corrected chi connectivity index (χ3v) is 3.12. The number of benzene rings is 2. The normalized spacial score (nSPS) is 10.7. The Morgan fingerprint density at radius 2 is 1.65 bits per heavy atom. The van der Waals surface area contributed by atoms with E-state index in [0.717, 1.165) is 17.7 Å². The molecule has 5 heteroatoms. The molecule has 0 aromatic heterocycles. The van der Waals surface area contributed by atoms with Crippen LogP contribution in [0.4, 0.5) is 13.2 Å². The molecule has 0 saturated heterocycles. The third-order valence-electron chi connectivity index (χ3n) is 3.12. The molecule has 2 aromatic carbocycles. The molecule has 0 atom stereocenters. The van der Waals surface area contributed by atoms with Gasteiger partial charge in [-0.2, -0.15) is 13.2 Å². The Bertz CT molecular complexity index is 750. The molecule has 0 heterocycles. The minimum Gasteiger partial charge on any atom is -0.481 e. The summed E-state index contributed by atoms with van der Waals surface area (Å²) in [4.78, 5) is 10.5. The van der Waals surface area contributed by atoms with Crippen molar-refractivity contribution in [3.8, 4) is 11.8 Å². The predicted octanol–water partition coefficient (Wildman–Crippen LogP) is 4.12. The molecule has 2 rings (SSSR count). The van der Waals surface area contributed by atoms with E-state index in [2.05, 4.69) is 11.8 Å². The fraction of sp³-hybridized carbons (Fsp3) is 0.167. The van der Waals surface area contributed by atoms with E-state index in [1.165, 1.54) is 12.1 Å². The number of carboxylic acids is 1. The highest BCUT2D eigenvalue weighted by molar-refractivity contribution is 5.67. The number of alkyl halides is 3. The Labute approximate surface area is 131 Å². The first kappa shape index (κ1) is 16.6. The second kappa shape index (κ2) is 7.01. The maximum absolute atomic E-state index is 12.6. The summed E-state index contributed by atoms with van der Waals surface area (Å²) in [5.74, 6) is 4.63. The van der Waals surface area contributed by atoms with Crippen molar-refractivity contribution in [1.82, 2.24) is 0 Å². The van der Waals surface area contributed by atoms with Gasteiger partial charge in [0.15, 0.2) is 0 Å². The quantitative estimate of drug-likeness (QED) is 0.864. The van der Waals surface area contributed by atoms with Crippen LogP contribution in [0.3, 0.4) is 0 Å². The van der Waals surface area contributed by atoms with Crippen molar-refractivity contribution in [2.24, 2.45) is 0 Å². The zero-order chi connectivity index (χ0) is 16.9. The zero-order valence-corrected chi connectivity index (χ0v) is 12.0. The van der Waals surface area contributed by atoms with Crippen LogP contribution in [-0.2, 0) is 17.4 Å². The summed E-state index contributed by atoms with van der Waals surface area (Å²) in [6.07, 6.45) is -3.91. The molecule has 0 amide bonds. The van der Waals surface area contributed by atoms with Crippen LogP contribution in [0.5, 0.6) is 0 Å². The standard InChI is InChI=1S/C18H13F3O2/c19-18(20,21)16-3-1-2-15(12-16)9-8-13-4-6-14(7-5-13)10-11-17(22)23/h1-7,12H,10-11H2,(H,22,23). The Morgan fingerprint density at radius 3 is 2.26 bits per heavy atom. The van der Waals surface area contributed by atoms with E-state index < -0.39 is 17.7 Å². The van der Waals surface area contributed by atoms with Gasteiger partial charge in [-0.05, 0) is 42.3 Å². The van der Waals surface area contributed by atoms with Gasteiger partial charge in [0.25, 0.3) is 0 Å². The number of aryl methyl sites for hydroxylation is 1. The van der Waals surface area contributed by atoms with Gasteiger partial charge in [0.05, 0.1) is 5.56 Å². The van der Waals surface area contributed by atoms with Crippen molar-refractivity contribution in [3.05, 3.63) is 70.8 Å². The molecule has 2 nitrogen and oxygen atoms in total.